The third kappa shape index (κ3) is 3.55. The molecule has 0 radical (unpaired) electrons. The van der Waals surface area contributed by atoms with Crippen molar-refractivity contribution >= 4 is 23.0 Å². The molecule has 2 aliphatic rings. The molecule has 2 aliphatic heterocycles. The Kier molecular flexibility index (Phi) is 4.68. The molecule has 0 aliphatic carbocycles. The molecule has 1 fully saturated rings. The summed E-state index contributed by atoms with van der Waals surface area (Å²) < 4.78 is 0. The summed E-state index contributed by atoms with van der Waals surface area (Å²) in [5.74, 6) is -0.0195. The molecule has 1 atom stereocenters. The smallest absolute Gasteiger partial charge is 0.271 e. The van der Waals surface area contributed by atoms with Gasteiger partial charge in [0.05, 0.1) is 6.54 Å². The van der Waals surface area contributed by atoms with Crippen molar-refractivity contribution < 1.29 is 9.63 Å². The van der Waals surface area contributed by atoms with E-state index in [1.54, 1.807) is 16.2 Å². The normalized spacial score (nSPS) is 24.8. The van der Waals surface area contributed by atoms with Crippen LogP contribution in [0.5, 0.6) is 0 Å². The van der Waals surface area contributed by atoms with Gasteiger partial charge in [0.2, 0.25) is 0 Å². The van der Waals surface area contributed by atoms with E-state index in [1.807, 2.05) is 32.5 Å². The quantitative estimate of drug-likeness (QED) is 0.845. The predicted octanol–water partition coefficient (Wildman–Crippen LogP) is 2.12. The molecule has 1 aromatic rings. The van der Waals surface area contributed by atoms with Gasteiger partial charge in [-0.15, -0.1) is 11.3 Å². The highest BCUT2D eigenvalue weighted by atomic mass is 32.1. The second-order valence-corrected chi connectivity index (χ2v) is 7.72. The van der Waals surface area contributed by atoms with Crippen LogP contribution in [0.15, 0.2) is 16.7 Å². The zero-order chi connectivity index (χ0) is 16.4. The minimum absolute atomic E-state index is 0.0195. The van der Waals surface area contributed by atoms with Gasteiger partial charge in [-0.05, 0) is 33.2 Å². The van der Waals surface area contributed by atoms with E-state index in [2.05, 4.69) is 15.0 Å². The lowest BCUT2D eigenvalue weighted by Gasteiger charge is -2.37. The van der Waals surface area contributed by atoms with E-state index in [4.69, 9.17) is 4.84 Å². The molecule has 0 N–H and O–H groups in total. The van der Waals surface area contributed by atoms with E-state index < -0.39 is 0 Å². The largest absolute Gasteiger partial charge is 0.387 e. The SMILES string of the molecule is CC(C)N(C)C(=O)C1=NOC2(CCCN(Cc3nccs3)C2)C1. The highest BCUT2D eigenvalue weighted by molar-refractivity contribution is 7.09. The molecule has 6 nitrogen and oxygen atoms in total. The van der Waals surface area contributed by atoms with Crippen LogP contribution >= 0.6 is 11.3 Å². The van der Waals surface area contributed by atoms with E-state index in [-0.39, 0.29) is 17.6 Å². The first kappa shape index (κ1) is 16.4. The lowest BCUT2D eigenvalue weighted by atomic mass is 9.88. The molecule has 1 saturated heterocycles. The van der Waals surface area contributed by atoms with Gasteiger partial charge in [-0.1, -0.05) is 5.16 Å². The standard InChI is InChI=1S/C16H24N4O2S/c1-12(2)19(3)15(21)13-9-16(22-18-13)5-4-7-20(11-16)10-14-17-6-8-23-14/h6,8,12H,4-5,7,9-11H2,1-3H3. The molecule has 7 heteroatoms. The summed E-state index contributed by atoms with van der Waals surface area (Å²) in [7, 11) is 1.82. The van der Waals surface area contributed by atoms with Crippen molar-refractivity contribution in [3.8, 4) is 0 Å². The molecule has 1 aromatic heterocycles. The highest BCUT2D eigenvalue weighted by Crippen LogP contribution is 2.34. The highest BCUT2D eigenvalue weighted by Gasteiger charge is 2.45. The van der Waals surface area contributed by atoms with Crippen LogP contribution < -0.4 is 0 Å². The Bertz CT molecular complexity index is 587. The van der Waals surface area contributed by atoms with Crippen molar-refractivity contribution in [1.29, 1.82) is 0 Å². The number of likely N-dealkylation sites (tertiary alicyclic amines) is 1. The lowest BCUT2D eigenvalue weighted by molar-refractivity contribution is -0.124. The maximum atomic E-state index is 12.4. The van der Waals surface area contributed by atoms with E-state index >= 15 is 0 Å². The van der Waals surface area contributed by atoms with E-state index in [9.17, 15) is 4.79 Å². The number of oxime groups is 1. The van der Waals surface area contributed by atoms with E-state index in [0.29, 0.717) is 12.1 Å². The summed E-state index contributed by atoms with van der Waals surface area (Å²) >= 11 is 1.68. The second kappa shape index (κ2) is 6.57. The summed E-state index contributed by atoms with van der Waals surface area (Å²) in [5.41, 5.74) is 0.218. The Morgan fingerprint density at radius 1 is 1.57 bits per heavy atom. The number of piperidine rings is 1. The van der Waals surface area contributed by atoms with Gasteiger partial charge in [0.1, 0.15) is 10.7 Å². The number of carbonyl (C=O) groups excluding carboxylic acids is 1. The molecule has 23 heavy (non-hydrogen) atoms. The topological polar surface area (TPSA) is 58.0 Å². The number of aromatic nitrogens is 1. The number of carbonyl (C=O) groups is 1. The molecule has 1 unspecified atom stereocenters. The minimum Gasteiger partial charge on any atom is -0.387 e. The Morgan fingerprint density at radius 2 is 2.39 bits per heavy atom. The fourth-order valence-electron chi connectivity index (χ4n) is 3.14. The first-order valence-electron chi connectivity index (χ1n) is 8.12. The maximum Gasteiger partial charge on any atom is 0.271 e. The van der Waals surface area contributed by atoms with Gasteiger partial charge in [0, 0.05) is 37.6 Å². The van der Waals surface area contributed by atoms with Crippen LogP contribution in [0.4, 0.5) is 0 Å². The first-order valence-corrected chi connectivity index (χ1v) is 9.00. The molecule has 1 amide bonds. The van der Waals surface area contributed by atoms with Crippen LogP contribution in [-0.2, 0) is 16.2 Å². The summed E-state index contributed by atoms with van der Waals surface area (Å²) in [4.78, 5) is 26.7. The van der Waals surface area contributed by atoms with Crippen LogP contribution in [-0.4, -0.2) is 58.2 Å². The zero-order valence-corrected chi connectivity index (χ0v) is 14.8. The Balaban J connectivity index is 1.62. The molecule has 0 saturated carbocycles. The first-order chi connectivity index (χ1) is 11.0. The van der Waals surface area contributed by atoms with Crippen LogP contribution in [0.25, 0.3) is 0 Å². The number of nitrogens with zero attached hydrogens (tertiary/aromatic N) is 4. The van der Waals surface area contributed by atoms with Crippen molar-refractivity contribution in [1.82, 2.24) is 14.8 Å². The van der Waals surface area contributed by atoms with Crippen molar-refractivity contribution in [2.45, 2.75) is 51.3 Å². The predicted molar refractivity (Wildman–Crippen MR) is 90.4 cm³/mol. The van der Waals surface area contributed by atoms with Gasteiger partial charge in [0.25, 0.3) is 5.91 Å². The van der Waals surface area contributed by atoms with E-state index in [0.717, 1.165) is 37.5 Å². The summed E-state index contributed by atoms with van der Waals surface area (Å²) in [6, 6.07) is 0.162. The zero-order valence-electron chi connectivity index (χ0n) is 14.0. The maximum absolute atomic E-state index is 12.4. The monoisotopic (exact) mass is 336 g/mol. The average Bonchev–Trinajstić information content (AvgIpc) is 3.16. The Morgan fingerprint density at radius 3 is 3.09 bits per heavy atom. The second-order valence-electron chi connectivity index (χ2n) is 6.74. The minimum atomic E-state index is -0.335. The Hall–Kier alpha value is -1.47. The van der Waals surface area contributed by atoms with Gasteiger partial charge in [-0.2, -0.15) is 0 Å². The third-order valence-corrected chi connectivity index (χ3v) is 5.41. The van der Waals surface area contributed by atoms with Crippen LogP contribution in [0.3, 0.4) is 0 Å². The molecule has 3 heterocycles. The molecule has 0 bridgehead atoms. The Labute approximate surface area is 141 Å². The van der Waals surface area contributed by atoms with Crippen molar-refractivity contribution in [3.05, 3.63) is 16.6 Å². The number of amides is 1. The van der Waals surface area contributed by atoms with Crippen LogP contribution in [0.2, 0.25) is 0 Å². The molecule has 3 rings (SSSR count). The van der Waals surface area contributed by atoms with Gasteiger partial charge < -0.3 is 9.74 Å². The number of hydrogen-bond acceptors (Lipinski definition) is 6. The van der Waals surface area contributed by atoms with Crippen molar-refractivity contribution in [2.75, 3.05) is 20.1 Å². The van der Waals surface area contributed by atoms with Gasteiger partial charge >= 0.3 is 0 Å². The summed E-state index contributed by atoms with van der Waals surface area (Å²) in [6.45, 7) is 6.69. The van der Waals surface area contributed by atoms with Gasteiger partial charge in [-0.3, -0.25) is 9.69 Å². The number of rotatable bonds is 4. The fraction of sp³-hybridized carbons (Fsp3) is 0.688. The molecule has 126 valence electrons. The molecule has 1 spiro atoms. The molecular weight excluding hydrogens is 312 g/mol. The fourth-order valence-corrected chi connectivity index (χ4v) is 3.80. The molecular formula is C16H24N4O2S. The summed E-state index contributed by atoms with van der Waals surface area (Å²) in [6.07, 6.45) is 4.46. The van der Waals surface area contributed by atoms with Crippen LogP contribution in [0, 0.1) is 0 Å². The molecule has 0 aromatic carbocycles. The lowest BCUT2D eigenvalue weighted by Crippen LogP contribution is -2.48. The van der Waals surface area contributed by atoms with Crippen molar-refractivity contribution in [2.24, 2.45) is 5.16 Å². The third-order valence-electron chi connectivity index (χ3n) is 4.64. The van der Waals surface area contributed by atoms with Gasteiger partial charge in [0.15, 0.2) is 5.60 Å². The van der Waals surface area contributed by atoms with Gasteiger partial charge in [-0.25, -0.2) is 4.98 Å². The summed E-state index contributed by atoms with van der Waals surface area (Å²) in [5, 5.41) is 7.26. The number of hydrogen-bond donors (Lipinski definition) is 0. The average molecular weight is 336 g/mol. The van der Waals surface area contributed by atoms with Crippen molar-refractivity contribution in [3.63, 3.8) is 0 Å². The van der Waals surface area contributed by atoms with Crippen LogP contribution in [0.1, 0.15) is 38.1 Å². The number of thiazole rings is 1. The van der Waals surface area contributed by atoms with E-state index in [1.165, 1.54) is 0 Å².